The lowest BCUT2D eigenvalue weighted by molar-refractivity contribution is -0.127. The van der Waals surface area contributed by atoms with E-state index in [9.17, 15) is 4.79 Å². The Labute approximate surface area is 142 Å². The Morgan fingerprint density at radius 2 is 2.08 bits per heavy atom. The van der Waals surface area contributed by atoms with Crippen LogP contribution in [0, 0.1) is 0 Å². The highest BCUT2D eigenvalue weighted by Gasteiger charge is 2.16. The lowest BCUT2D eigenvalue weighted by Gasteiger charge is -2.19. The first-order chi connectivity index (χ1) is 11.3. The van der Waals surface area contributed by atoms with Crippen LogP contribution in [0.4, 0.5) is 5.95 Å². The number of imidazole rings is 1. The third-order valence-electron chi connectivity index (χ3n) is 3.02. The number of hydrogen-bond acceptors (Lipinski definition) is 4. The number of rotatable bonds is 8. The molecule has 0 aromatic carbocycles. The molecule has 0 unspecified atom stereocenters. The second kappa shape index (κ2) is 8.47. The van der Waals surface area contributed by atoms with E-state index in [1.54, 1.807) is 31.6 Å². The normalized spacial score (nSPS) is 11.2. The summed E-state index contributed by atoms with van der Waals surface area (Å²) >= 11 is 0. The molecule has 1 heterocycles. The van der Waals surface area contributed by atoms with Gasteiger partial charge in [-0.1, -0.05) is 26.3 Å². The lowest BCUT2D eigenvalue weighted by atomic mass is 10.2. The van der Waals surface area contributed by atoms with Gasteiger partial charge in [0.2, 0.25) is 5.95 Å². The van der Waals surface area contributed by atoms with Crippen LogP contribution in [0.25, 0.3) is 5.57 Å². The van der Waals surface area contributed by atoms with E-state index in [1.165, 1.54) is 12.0 Å². The second-order valence-corrected chi connectivity index (χ2v) is 5.02. The van der Waals surface area contributed by atoms with Crippen LogP contribution in [0.2, 0.25) is 0 Å². The van der Waals surface area contributed by atoms with E-state index < -0.39 is 0 Å². The van der Waals surface area contributed by atoms with E-state index in [1.807, 2.05) is 6.92 Å². The number of H-pyrrole nitrogens is 1. The molecule has 0 atom stereocenters. The van der Waals surface area contributed by atoms with Gasteiger partial charge in [0.1, 0.15) is 0 Å². The Hall–Kier alpha value is -3.15. The average molecular weight is 326 g/mol. The highest BCUT2D eigenvalue weighted by molar-refractivity contribution is 5.92. The molecule has 0 aliphatic heterocycles. The monoisotopic (exact) mass is 326 g/mol. The molecule has 1 N–H and O–H groups in total. The van der Waals surface area contributed by atoms with Crippen molar-refractivity contribution in [2.24, 2.45) is 4.99 Å². The summed E-state index contributed by atoms with van der Waals surface area (Å²) in [6.45, 7) is 16.8. The first kappa shape index (κ1) is 18.9. The smallest absolute Gasteiger partial charge is 0.292 e. The number of likely N-dealkylation sites (N-methyl/N-ethyl adjacent to an activating group) is 1. The lowest BCUT2D eigenvalue weighted by Crippen LogP contribution is -2.27. The summed E-state index contributed by atoms with van der Waals surface area (Å²) in [7, 11) is 2.99. The van der Waals surface area contributed by atoms with Crippen LogP contribution in [0.15, 0.2) is 66.7 Å². The number of nitrogens with zero attached hydrogens (tertiary/aromatic N) is 3. The number of nitrogens with one attached hydrogen (secondary N) is 1. The van der Waals surface area contributed by atoms with E-state index in [0.717, 1.165) is 5.57 Å². The van der Waals surface area contributed by atoms with Crippen LogP contribution in [0.1, 0.15) is 12.6 Å². The highest BCUT2D eigenvalue weighted by atomic mass is 16.5. The number of aromatic amines is 1. The van der Waals surface area contributed by atoms with Gasteiger partial charge in [-0.3, -0.25) is 4.79 Å². The quantitative estimate of drug-likeness (QED) is 0.344. The van der Waals surface area contributed by atoms with E-state index in [4.69, 9.17) is 4.74 Å². The molecule has 0 bridgehead atoms. The average Bonchev–Trinajstić information content (AvgIpc) is 3.04. The zero-order valence-electron chi connectivity index (χ0n) is 14.3. The number of amides is 1. The first-order valence-corrected chi connectivity index (χ1v) is 7.09. The summed E-state index contributed by atoms with van der Waals surface area (Å²) in [6, 6.07) is 0. The van der Waals surface area contributed by atoms with Crippen molar-refractivity contribution in [2.45, 2.75) is 6.92 Å². The van der Waals surface area contributed by atoms with Crippen LogP contribution in [0.3, 0.4) is 0 Å². The molecule has 126 valence electrons. The molecule has 0 aliphatic carbocycles. The molecule has 0 spiro atoms. The molecule has 0 radical (unpaired) electrons. The minimum absolute atomic E-state index is 0.0359. The van der Waals surface area contributed by atoms with Crippen molar-refractivity contribution in [3.05, 3.63) is 67.4 Å². The number of carbonyl (C=O) groups excluding carboxylic acids is 1. The van der Waals surface area contributed by atoms with Gasteiger partial charge in [-0.15, -0.1) is 0 Å². The molecule has 1 aromatic rings. The highest BCUT2D eigenvalue weighted by Crippen LogP contribution is 2.19. The predicted octanol–water partition coefficient (Wildman–Crippen LogP) is 3.39. The maximum Gasteiger partial charge on any atom is 0.292 e. The van der Waals surface area contributed by atoms with Crippen molar-refractivity contribution in [1.29, 1.82) is 0 Å². The minimum atomic E-state index is -0.368. The van der Waals surface area contributed by atoms with E-state index in [-0.39, 0.29) is 11.7 Å². The standard InChI is InChI=1S/C18H22N4O2/c1-8-15(22(6)17(23)14(5)24-7)9-13(4)16-11-20-18(21-16)19-10-12(2)3/h8-11H,1-2,4-5H2,3,6-7H3,(H,20,21)/b15-9+,19-10?. The molecule has 0 saturated heterocycles. The Balaban J connectivity index is 2.98. The molecule has 0 fully saturated rings. The molecule has 24 heavy (non-hydrogen) atoms. The SMILES string of the molecule is C=C/C(=C\C(=C)c1cnc(N=CC(=C)C)[nH]1)N(C)C(=O)C(=C)OC. The topological polar surface area (TPSA) is 70.6 Å². The molecule has 1 rings (SSSR count). The Morgan fingerprint density at radius 1 is 1.42 bits per heavy atom. The second-order valence-electron chi connectivity index (χ2n) is 5.02. The maximum absolute atomic E-state index is 12.1. The minimum Gasteiger partial charge on any atom is -0.492 e. The summed E-state index contributed by atoms with van der Waals surface area (Å²) < 4.78 is 4.86. The Morgan fingerprint density at radius 3 is 2.62 bits per heavy atom. The van der Waals surface area contributed by atoms with Crippen LogP contribution in [0.5, 0.6) is 0 Å². The van der Waals surface area contributed by atoms with E-state index in [2.05, 4.69) is 41.3 Å². The first-order valence-electron chi connectivity index (χ1n) is 7.09. The van der Waals surface area contributed by atoms with Gasteiger partial charge in [0.15, 0.2) is 5.76 Å². The molecular formula is C18H22N4O2. The van der Waals surface area contributed by atoms with Crippen molar-refractivity contribution < 1.29 is 9.53 Å². The molecule has 1 aromatic heterocycles. The van der Waals surface area contributed by atoms with E-state index >= 15 is 0 Å². The molecular weight excluding hydrogens is 304 g/mol. The fourth-order valence-electron chi connectivity index (χ4n) is 1.65. The van der Waals surface area contributed by atoms with Gasteiger partial charge in [-0.05, 0) is 30.2 Å². The number of aromatic nitrogens is 2. The van der Waals surface area contributed by atoms with Gasteiger partial charge in [0.05, 0.1) is 19.0 Å². The molecule has 0 aliphatic rings. The van der Waals surface area contributed by atoms with E-state index in [0.29, 0.717) is 22.9 Å². The van der Waals surface area contributed by atoms with Crippen molar-refractivity contribution in [3.63, 3.8) is 0 Å². The number of methoxy groups -OCH3 is 1. The fraction of sp³-hybridized carbons (Fsp3) is 0.167. The molecule has 6 nitrogen and oxygen atoms in total. The fourth-order valence-corrected chi connectivity index (χ4v) is 1.65. The Kier molecular flexibility index (Phi) is 6.67. The number of ether oxygens (including phenoxy) is 1. The van der Waals surface area contributed by atoms with Crippen molar-refractivity contribution in [2.75, 3.05) is 14.2 Å². The van der Waals surface area contributed by atoms with Crippen molar-refractivity contribution >= 4 is 23.6 Å². The van der Waals surface area contributed by atoms with Crippen molar-refractivity contribution in [3.8, 4) is 0 Å². The Bertz CT molecular complexity index is 738. The third-order valence-corrected chi connectivity index (χ3v) is 3.02. The third kappa shape index (κ3) is 4.95. The summed E-state index contributed by atoms with van der Waals surface area (Å²) in [5, 5.41) is 0. The van der Waals surface area contributed by atoms with Crippen LogP contribution < -0.4 is 0 Å². The molecule has 6 heteroatoms. The number of hydrogen-bond donors (Lipinski definition) is 1. The predicted molar refractivity (Wildman–Crippen MR) is 97.8 cm³/mol. The molecule has 1 amide bonds. The van der Waals surface area contributed by atoms with Crippen LogP contribution in [-0.2, 0) is 9.53 Å². The summed E-state index contributed by atoms with van der Waals surface area (Å²) in [5.41, 5.74) is 2.66. The van der Waals surface area contributed by atoms with Gasteiger partial charge < -0.3 is 14.6 Å². The summed E-state index contributed by atoms with van der Waals surface area (Å²) in [4.78, 5) is 24.8. The van der Waals surface area contributed by atoms with Gasteiger partial charge in [0.25, 0.3) is 5.91 Å². The number of aliphatic imine (C=N–C) groups is 1. The van der Waals surface area contributed by atoms with Gasteiger partial charge in [-0.25, -0.2) is 9.98 Å². The summed E-state index contributed by atoms with van der Waals surface area (Å²) in [5.74, 6) is 0.113. The largest absolute Gasteiger partial charge is 0.492 e. The van der Waals surface area contributed by atoms with Crippen molar-refractivity contribution in [1.82, 2.24) is 14.9 Å². The summed E-state index contributed by atoms with van der Waals surface area (Å²) in [6.07, 6.45) is 6.47. The van der Waals surface area contributed by atoms with Crippen LogP contribution in [-0.4, -0.2) is 41.1 Å². The van der Waals surface area contributed by atoms with Gasteiger partial charge in [0, 0.05) is 19.0 Å². The van der Waals surface area contributed by atoms with Gasteiger partial charge >= 0.3 is 0 Å². The van der Waals surface area contributed by atoms with Crippen LogP contribution >= 0.6 is 0 Å². The van der Waals surface area contributed by atoms with Gasteiger partial charge in [-0.2, -0.15) is 0 Å². The number of carbonyl (C=O) groups is 1. The zero-order chi connectivity index (χ0) is 18.3. The molecule has 0 saturated carbocycles. The maximum atomic E-state index is 12.1. The zero-order valence-corrected chi connectivity index (χ0v) is 14.3. The number of allylic oxidation sites excluding steroid dienone is 4.